The zero-order valence-corrected chi connectivity index (χ0v) is 30.3. The fourth-order valence-corrected chi connectivity index (χ4v) is 8.79. The molecule has 0 heterocycles. The number of hydrogen-bond donors (Lipinski definition) is 0. The maximum atomic E-state index is 2.46. The van der Waals surface area contributed by atoms with E-state index in [-0.39, 0.29) is 51.4 Å². The van der Waals surface area contributed by atoms with Crippen molar-refractivity contribution in [2.45, 2.75) is 90.1 Å². The second kappa shape index (κ2) is 13.9. The summed E-state index contributed by atoms with van der Waals surface area (Å²) in [5.41, 5.74) is 17.4. The molecule has 0 nitrogen and oxygen atoms in total. The molecule has 4 aromatic rings. The fraction of sp³-hybridized carbons (Fsp3) is 0.333. The number of rotatable bonds is 6. The van der Waals surface area contributed by atoms with E-state index in [4.69, 9.17) is 0 Å². The van der Waals surface area contributed by atoms with Crippen molar-refractivity contribution in [2.75, 3.05) is 0 Å². The Bertz CT molecular complexity index is 1590. The summed E-state index contributed by atoms with van der Waals surface area (Å²) >= 11 is 0. The summed E-state index contributed by atoms with van der Waals surface area (Å²) in [6.45, 7) is 18.4. The molecule has 0 aliphatic heterocycles. The third-order valence-corrected chi connectivity index (χ3v) is 11.1. The van der Waals surface area contributed by atoms with E-state index in [0.29, 0.717) is 11.8 Å². The SMILES string of the molecule is CC1=Cc2c(-c3ccc(C(C)(C)C)cc3)cccc2C1C[Si]CC1C(C)=Cc2c(-c3ccc(C(C)(C)C)cc3)cccc21.[H-].[H-].[Li+].[Li+]. The molecule has 0 bridgehead atoms. The third-order valence-electron chi connectivity index (χ3n) is 9.69. The molecule has 0 aromatic heterocycles. The molecule has 2 aliphatic rings. The van der Waals surface area contributed by atoms with E-state index in [1.54, 1.807) is 0 Å². The topological polar surface area (TPSA) is 0 Å². The minimum atomic E-state index is 0. The maximum absolute atomic E-state index is 2.46. The van der Waals surface area contributed by atoms with Crippen LogP contribution in [-0.2, 0) is 10.8 Å². The fourth-order valence-electron chi connectivity index (χ4n) is 6.96. The van der Waals surface area contributed by atoms with Gasteiger partial charge >= 0.3 is 37.7 Å². The molecule has 45 heavy (non-hydrogen) atoms. The molecule has 6 rings (SSSR count). The first kappa shape index (κ1) is 35.6. The van der Waals surface area contributed by atoms with Gasteiger partial charge in [-0.3, -0.25) is 0 Å². The molecule has 0 N–H and O–H groups in total. The predicted octanol–water partition coefficient (Wildman–Crippen LogP) is 6.09. The summed E-state index contributed by atoms with van der Waals surface area (Å²) in [6.07, 6.45) is 4.93. The maximum Gasteiger partial charge on any atom is 1.00 e. The Balaban J connectivity index is 0.00000192. The minimum Gasteiger partial charge on any atom is -1.00 e. The smallest absolute Gasteiger partial charge is 1.00 e. The normalized spacial score (nSPS) is 17.1. The summed E-state index contributed by atoms with van der Waals surface area (Å²) in [5, 5.41) is 0. The van der Waals surface area contributed by atoms with E-state index in [2.05, 4.69) is 152 Å². The van der Waals surface area contributed by atoms with Crippen molar-refractivity contribution >= 4 is 21.7 Å². The van der Waals surface area contributed by atoms with E-state index in [9.17, 15) is 0 Å². The number of fused-ring (bicyclic) bond motifs is 2. The Hall–Kier alpha value is -2.23. The third kappa shape index (κ3) is 7.20. The molecule has 2 aliphatic carbocycles. The van der Waals surface area contributed by atoms with E-state index in [0.717, 1.165) is 9.52 Å². The van der Waals surface area contributed by atoms with Gasteiger partial charge in [0.05, 0.1) is 0 Å². The monoisotopic (exact) mass is 594 g/mol. The van der Waals surface area contributed by atoms with Gasteiger partial charge in [0, 0.05) is 21.4 Å². The summed E-state index contributed by atoms with van der Waals surface area (Å²) < 4.78 is 0. The number of benzene rings is 4. The van der Waals surface area contributed by atoms with Crippen LogP contribution in [0.15, 0.2) is 96.1 Å². The molecule has 0 spiro atoms. The van der Waals surface area contributed by atoms with Gasteiger partial charge in [0.15, 0.2) is 0 Å². The van der Waals surface area contributed by atoms with Gasteiger partial charge in [-0.05, 0) is 80.3 Å². The van der Waals surface area contributed by atoms with Crippen molar-refractivity contribution in [3.63, 3.8) is 0 Å². The Morgan fingerprint density at radius 1 is 0.533 bits per heavy atom. The number of allylic oxidation sites excluding steroid dienone is 2. The standard InChI is InChI=1S/C42H46Si.2Li.2H/c1-27-23-37-33(29-15-19-31(20-16-29)41(3,4)5)11-9-13-35(37)39(27)25-43-26-40-28(2)24-38-34(12-10-14-36(38)40)30-17-21-32(22-18-30)42(6,7)8;;;;/h9-24,39-40H,25-26H2,1-8H3;;;;/q;2*+1;2*-1. The average Bonchev–Trinajstić information content (AvgIpc) is 3.47. The van der Waals surface area contributed by atoms with Crippen LogP contribution in [0.5, 0.6) is 0 Å². The quantitative estimate of drug-likeness (QED) is 0.237. The van der Waals surface area contributed by atoms with Crippen LogP contribution in [0, 0.1) is 0 Å². The average molecular weight is 595 g/mol. The summed E-state index contributed by atoms with van der Waals surface area (Å²) in [5.74, 6) is 1.06. The van der Waals surface area contributed by atoms with Gasteiger partial charge in [-0.25, -0.2) is 0 Å². The molecule has 2 radical (unpaired) electrons. The van der Waals surface area contributed by atoms with Gasteiger partial charge in [0.1, 0.15) is 0 Å². The Morgan fingerprint density at radius 2 is 0.889 bits per heavy atom. The van der Waals surface area contributed by atoms with Crippen molar-refractivity contribution in [2.24, 2.45) is 0 Å². The molecule has 0 saturated carbocycles. The zero-order chi connectivity index (χ0) is 30.5. The van der Waals surface area contributed by atoms with E-state index in [1.165, 1.54) is 78.9 Å². The van der Waals surface area contributed by atoms with Crippen LogP contribution in [0.2, 0.25) is 12.1 Å². The van der Waals surface area contributed by atoms with Crippen molar-refractivity contribution in [1.82, 2.24) is 0 Å². The summed E-state index contributed by atoms with van der Waals surface area (Å²) in [6, 6.07) is 34.8. The molecular formula is C42H48Li2Si. The van der Waals surface area contributed by atoms with Gasteiger partial charge in [-0.1, -0.05) is 162 Å². The predicted molar refractivity (Wildman–Crippen MR) is 192 cm³/mol. The first-order valence-electron chi connectivity index (χ1n) is 16.0. The largest absolute Gasteiger partial charge is 1.00 e. The van der Waals surface area contributed by atoms with Crippen molar-refractivity contribution in [3.05, 3.63) is 129 Å². The van der Waals surface area contributed by atoms with Crippen LogP contribution in [0.3, 0.4) is 0 Å². The molecule has 4 aromatic carbocycles. The van der Waals surface area contributed by atoms with Crippen molar-refractivity contribution in [3.8, 4) is 22.3 Å². The Kier molecular flexibility index (Phi) is 11.0. The minimum absolute atomic E-state index is 0. The summed E-state index contributed by atoms with van der Waals surface area (Å²) in [7, 11) is 0.925. The van der Waals surface area contributed by atoms with E-state index < -0.39 is 0 Å². The molecule has 3 heteroatoms. The van der Waals surface area contributed by atoms with Crippen LogP contribution in [-0.4, -0.2) is 9.52 Å². The van der Waals surface area contributed by atoms with Gasteiger partial charge in [-0.2, -0.15) is 0 Å². The molecule has 222 valence electrons. The van der Waals surface area contributed by atoms with E-state index in [1.807, 2.05) is 0 Å². The molecule has 2 unspecified atom stereocenters. The second-order valence-electron chi connectivity index (χ2n) is 14.8. The molecule has 0 amide bonds. The molecule has 2 atom stereocenters. The first-order valence-corrected chi connectivity index (χ1v) is 17.4. The first-order chi connectivity index (χ1) is 20.4. The van der Waals surface area contributed by atoms with Crippen LogP contribution < -0.4 is 37.7 Å². The second-order valence-corrected chi connectivity index (χ2v) is 16.1. The van der Waals surface area contributed by atoms with Crippen molar-refractivity contribution in [1.29, 1.82) is 0 Å². The van der Waals surface area contributed by atoms with Crippen LogP contribution in [0.25, 0.3) is 34.4 Å². The zero-order valence-electron chi connectivity index (χ0n) is 31.3. The molecule has 0 fully saturated rings. The Labute approximate surface area is 302 Å². The van der Waals surface area contributed by atoms with Crippen LogP contribution >= 0.6 is 0 Å². The van der Waals surface area contributed by atoms with Crippen LogP contribution in [0.1, 0.15) is 103 Å². The summed E-state index contributed by atoms with van der Waals surface area (Å²) in [4.78, 5) is 0. The van der Waals surface area contributed by atoms with Gasteiger partial charge in [0.2, 0.25) is 0 Å². The Morgan fingerprint density at radius 3 is 1.22 bits per heavy atom. The molecular weight excluding hydrogens is 546 g/mol. The number of hydrogen-bond acceptors (Lipinski definition) is 0. The van der Waals surface area contributed by atoms with Gasteiger partial charge in [-0.15, -0.1) is 0 Å². The van der Waals surface area contributed by atoms with Crippen LogP contribution in [0.4, 0.5) is 0 Å². The van der Waals surface area contributed by atoms with Gasteiger partial charge in [0.25, 0.3) is 0 Å². The van der Waals surface area contributed by atoms with Crippen molar-refractivity contribution < 1.29 is 40.6 Å². The van der Waals surface area contributed by atoms with E-state index >= 15 is 0 Å². The molecule has 0 saturated heterocycles. The van der Waals surface area contributed by atoms with Gasteiger partial charge < -0.3 is 2.85 Å².